The van der Waals surface area contributed by atoms with Crippen LogP contribution in [0.3, 0.4) is 0 Å². The van der Waals surface area contributed by atoms with Crippen molar-refractivity contribution in [3.05, 3.63) is 0 Å². The second-order valence-corrected chi connectivity index (χ2v) is 6.57. The average molecular weight is 325 g/mol. The van der Waals surface area contributed by atoms with E-state index >= 15 is 0 Å². The zero-order chi connectivity index (χ0) is 15.1. The van der Waals surface area contributed by atoms with Gasteiger partial charge in [0.25, 0.3) is 0 Å². The van der Waals surface area contributed by atoms with Crippen LogP contribution in [0.2, 0.25) is 0 Å². The Morgan fingerprint density at radius 3 is 1.38 bits per heavy atom. The van der Waals surface area contributed by atoms with Crippen molar-refractivity contribution in [3.8, 4) is 0 Å². The first-order valence-electron chi connectivity index (χ1n) is 8.84. The summed E-state index contributed by atoms with van der Waals surface area (Å²) in [5, 5.41) is 8.52. The first-order valence-corrected chi connectivity index (χ1v) is 8.84. The van der Waals surface area contributed by atoms with Crippen molar-refractivity contribution in [2.24, 2.45) is 5.92 Å². The molecule has 0 aromatic carbocycles. The van der Waals surface area contributed by atoms with Crippen LogP contribution in [0.25, 0.3) is 0 Å². The molecule has 0 bridgehead atoms. The molecule has 0 atom stereocenters. The number of carboxylic acid groups (broad SMARTS) is 1. The van der Waals surface area contributed by atoms with Crippen LogP contribution in [0, 0.1) is 5.92 Å². The van der Waals surface area contributed by atoms with Gasteiger partial charge in [-0.05, 0) is 12.3 Å². The summed E-state index contributed by atoms with van der Waals surface area (Å²) in [4.78, 5) is 10.3. The van der Waals surface area contributed by atoms with Gasteiger partial charge in [-0.25, -0.2) is 0 Å². The average Bonchev–Trinajstić information content (AvgIpc) is 2.38. The maximum atomic E-state index is 10.3. The summed E-state index contributed by atoms with van der Waals surface area (Å²) in [7, 11) is 0. The predicted octanol–water partition coefficient (Wildman–Crippen LogP) is 5.54. The van der Waals surface area contributed by atoms with Crippen molar-refractivity contribution in [1.29, 1.82) is 0 Å². The Kier molecular flexibility index (Phi) is 22.2. The van der Waals surface area contributed by atoms with E-state index in [0.717, 1.165) is 18.8 Å². The monoisotopic (exact) mass is 324 g/mol. The van der Waals surface area contributed by atoms with E-state index in [1.165, 1.54) is 70.6 Å². The quantitative estimate of drug-likeness (QED) is 0.317. The summed E-state index contributed by atoms with van der Waals surface area (Å²) >= 11 is 0. The second kappa shape index (κ2) is 19.2. The van der Waals surface area contributed by atoms with Crippen LogP contribution in [0.15, 0.2) is 0 Å². The van der Waals surface area contributed by atoms with Gasteiger partial charge in [0, 0.05) is 6.42 Å². The summed E-state index contributed by atoms with van der Waals surface area (Å²) in [6, 6.07) is 0. The number of unbranched alkanes of at least 4 members (excludes halogenated alkanes) is 11. The van der Waals surface area contributed by atoms with Crippen LogP contribution < -0.4 is 0 Å². The van der Waals surface area contributed by atoms with Gasteiger partial charge < -0.3 is 5.11 Å². The third-order valence-electron chi connectivity index (χ3n) is 3.92. The molecule has 0 amide bonds. The summed E-state index contributed by atoms with van der Waals surface area (Å²) in [5.41, 5.74) is 0. The Morgan fingerprint density at radius 1 is 0.714 bits per heavy atom. The molecular weight excluding hydrogens is 287 g/mol. The Hall–Kier alpha value is 1.11. The molecule has 0 aliphatic carbocycles. The molecule has 2 nitrogen and oxygen atoms in total. The first kappa shape index (κ1) is 24.4. The number of carboxylic acids is 1. The molecule has 0 rings (SSSR count). The molecule has 122 valence electrons. The zero-order valence-electron chi connectivity index (χ0n) is 13.8. The van der Waals surface area contributed by atoms with Crippen LogP contribution in [0.1, 0.15) is 104 Å². The van der Waals surface area contributed by atoms with Crippen LogP contribution in [-0.4, -0.2) is 62.5 Å². The minimum absolute atomic E-state index is 0. The molecule has 0 radical (unpaired) electrons. The zero-order valence-corrected chi connectivity index (χ0v) is 13.8. The number of rotatable bonds is 15. The molecule has 0 aromatic heterocycles. The molecular formula is C18H37KO2. The number of hydrogen-bond acceptors (Lipinski definition) is 1. The van der Waals surface area contributed by atoms with Crippen LogP contribution in [0.4, 0.5) is 0 Å². The van der Waals surface area contributed by atoms with Crippen LogP contribution >= 0.6 is 0 Å². The standard InChI is InChI=1S/C18H36O2.K.H/c1-17(2)15-13-11-9-7-5-3-4-6-8-10-12-14-16-18(19)20;;/h17H,3-16H2,1-2H3,(H,19,20);;. The molecule has 0 aliphatic rings. The summed E-state index contributed by atoms with van der Waals surface area (Å²) in [6.45, 7) is 4.61. The van der Waals surface area contributed by atoms with E-state index in [4.69, 9.17) is 5.11 Å². The summed E-state index contributed by atoms with van der Waals surface area (Å²) in [5.74, 6) is 0.212. The normalized spacial score (nSPS) is 10.6. The Morgan fingerprint density at radius 2 is 1.05 bits per heavy atom. The van der Waals surface area contributed by atoms with Crippen molar-refractivity contribution >= 4 is 57.4 Å². The van der Waals surface area contributed by atoms with Gasteiger partial charge >= 0.3 is 57.4 Å². The molecule has 1 N–H and O–H groups in total. The molecule has 0 unspecified atom stereocenters. The molecule has 3 heteroatoms. The molecule has 0 aliphatic heterocycles. The van der Waals surface area contributed by atoms with E-state index in [0.29, 0.717) is 6.42 Å². The van der Waals surface area contributed by atoms with Crippen molar-refractivity contribution in [2.75, 3.05) is 0 Å². The Balaban J connectivity index is 0. The molecule has 0 fully saturated rings. The van der Waals surface area contributed by atoms with Crippen LogP contribution in [-0.2, 0) is 4.79 Å². The van der Waals surface area contributed by atoms with Gasteiger partial charge in [-0.1, -0.05) is 90.9 Å². The van der Waals surface area contributed by atoms with Gasteiger partial charge in [-0.15, -0.1) is 0 Å². The molecule has 0 spiro atoms. The third-order valence-corrected chi connectivity index (χ3v) is 3.92. The van der Waals surface area contributed by atoms with Gasteiger partial charge in [0.05, 0.1) is 0 Å². The van der Waals surface area contributed by atoms with Crippen molar-refractivity contribution < 1.29 is 9.90 Å². The summed E-state index contributed by atoms with van der Waals surface area (Å²) < 4.78 is 0. The molecule has 0 heterocycles. The van der Waals surface area contributed by atoms with Gasteiger partial charge in [0.15, 0.2) is 0 Å². The van der Waals surface area contributed by atoms with E-state index < -0.39 is 5.97 Å². The SMILES string of the molecule is CC(C)CCCCCCCCCCCCCCC(=O)O.[KH]. The third kappa shape index (κ3) is 23.5. The fourth-order valence-corrected chi connectivity index (χ4v) is 2.60. The fraction of sp³-hybridized carbons (Fsp3) is 0.944. The Bertz CT molecular complexity index is 217. The Labute approximate surface area is 175 Å². The van der Waals surface area contributed by atoms with E-state index in [1.807, 2.05) is 0 Å². The summed E-state index contributed by atoms with van der Waals surface area (Å²) in [6.07, 6.45) is 17.3. The van der Waals surface area contributed by atoms with E-state index in [1.54, 1.807) is 0 Å². The van der Waals surface area contributed by atoms with Gasteiger partial charge in [-0.2, -0.15) is 0 Å². The van der Waals surface area contributed by atoms with Crippen molar-refractivity contribution in [2.45, 2.75) is 104 Å². The van der Waals surface area contributed by atoms with Crippen molar-refractivity contribution in [3.63, 3.8) is 0 Å². The maximum absolute atomic E-state index is 10.3. The predicted molar refractivity (Wildman–Crippen MR) is 94.3 cm³/mol. The number of hydrogen-bond donors (Lipinski definition) is 1. The van der Waals surface area contributed by atoms with Crippen LogP contribution in [0.5, 0.6) is 0 Å². The minimum atomic E-state index is -0.654. The van der Waals surface area contributed by atoms with Gasteiger partial charge in [-0.3, -0.25) is 4.79 Å². The molecule has 21 heavy (non-hydrogen) atoms. The number of aliphatic carboxylic acids is 1. The second-order valence-electron chi connectivity index (χ2n) is 6.57. The van der Waals surface area contributed by atoms with Gasteiger partial charge in [0.1, 0.15) is 0 Å². The van der Waals surface area contributed by atoms with E-state index in [-0.39, 0.29) is 51.4 Å². The molecule has 0 saturated carbocycles. The molecule has 0 saturated heterocycles. The van der Waals surface area contributed by atoms with E-state index in [2.05, 4.69) is 13.8 Å². The topological polar surface area (TPSA) is 37.3 Å². The first-order chi connectivity index (χ1) is 9.63. The van der Waals surface area contributed by atoms with Gasteiger partial charge in [0.2, 0.25) is 0 Å². The van der Waals surface area contributed by atoms with E-state index in [9.17, 15) is 4.79 Å². The fourth-order valence-electron chi connectivity index (χ4n) is 2.60. The van der Waals surface area contributed by atoms with Crippen molar-refractivity contribution in [1.82, 2.24) is 0 Å². The number of carbonyl (C=O) groups is 1. The molecule has 0 aromatic rings.